The van der Waals surface area contributed by atoms with Crippen LogP contribution in [0.5, 0.6) is 0 Å². The largest absolute Gasteiger partial charge is 0.332 e. The van der Waals surface area contributed by atoms with E-state index in [4.69, 9.17) is 12.2 Å². The van der Waals surface area contributed by atoms with Crippen LogP contribution in [0.4, 0.5) is 11.5 Å². The second kappa shape index (κ2) is 7.60. The number of anilines is 2. The Morgan fingerprint density at radius 3 is 2.67 bits per heavy atom. The van der Waals surface area contributed by atoms with Crippen LogP contribution in [0.1, 0.15) is 11.1 Å². The molecule has 4 nitrogen and oxygen atoms in total. The number of nitrogens with zero attached hydrogens (tertiary/aromatic N) is 2. The van der Waals surface area contributed by atoms with Crippen LogP contribution < -0.4 is 10.6 Å². The fraction of sp³-hybridized carbons (Fsp3) is 0.0909. The van der Waals surface area contributed by atoms with Crippen LogP contribution in [-0.4, -0.2) is 14.9 Å². The molecule has 1 heterocycles. The first kappa shape index (κ1) is 17.2. The number of hydrogen-bond donors (Lipinski definition) is 2. The highest BCUT2D eigenvalue weighted by atomic mass is 32.1. The molecule has 0 aliphatic heterocycles. The van der Waals surface area contributed by atoms with Crippen LogP contribution in [-0.2, 0) is 6.54 Å². The van der Waals surface area contributed by atoms with E-state index in [0.29, 0.717) is 11.7 Å². The number of benzene rings is 3. The van der Waals surface area contributed by atoms with Crippen LogP contribution in [0.25, 0.3) is 10.8 Å². The van der Waals surface area contributed by atoms with Crippen molar-refractivity contribution in [2.45, 2.75) is 13.5 Å². The summed E-state index contributed by atoms with van der Waals surface area (Å²) in [6.45, 7) is 2.76. The number of rotatable bonds is 4. The molecule has 0 fully saturated rings. The lowest BCUT2D eigenvalue weighted by Gasteiger charge is -2.09. The maximum atomic E-state index is 5.39. The van der Waals surface area contributed by atoms with E-state index in [1.165, 1.54) is 21.9 Å². The fourth-order valence-electron chi connectivity index (χ4n) is 3.12. The lowest BCUT2D eigenvalue weighted by atomic mass is 10.0. The number of aryl methyl sites for hydroxylation is 1. The normalized spacial score (nSPS) is 10.7. The summed E-state index contributed by atoms with van der Waals surface area (Å²) in [6, 6.07) is 24.8. The molecule has 0 saturated heterocycles. The SMILES string of the molecule is Cc1cccc(NC(=S)Nc2ccn(Cc3cccc4ccccc34)n2)c1. The van der Waals surface area contributed by atoms with Gasteiger partial charge >= 0.3 is 0 Å². The first-order valence-corrected chi connectivity index (χ1v) is 9.23. The van der Waals surface area contributed by atoms with Gasteiger partial charge < -0.3 is 10.6 Å². The van der Waals surface area contributed by atoms with Gasteiger partial charge in [0.25, 0.3) is 0 Å². The highest BCUT2D eigenvalue weighted by Gasteiger charge is 2.05. The van der Waals surface area contributed by atoms with Crippen molar-refractivity contribution in [2.24, 2.45) is 0 Å². The van der Waals surface area contributed by atoms with Crippen LogP contribution >= 0.6 is 12.2 Å². The summed E-state index contributed by atoms with van der Waals surface area (Å²) >= 11 is 5.39. The standard InChI is InChI=1S/C22H20N4S/c1-16-6-4-10-19(14-16)23-22(27)24-21-12-13-26(25-21)15-18-9-5-8-17-7-2-3-11-20(17)18/h2-14H,15H2,1H3,(H2,23,24,25,27). The average molecular weight is 372 g/mol. The zero-order valence-electron chi connectivity index (χ0n) is 15.0. The summed E-state index contributed by atoms with van der Waals surface area (Å²) in [7, 11) is 0. The number of aromatic nitrogens is 2. The molecule has 0 radical (unpaired) electrons. The van der Waals surface area contributed by atoms with Gasteiger partial charge in [0, 0.05) is 18.0 Å². The second-order valence-electron chi connectivity index (χ2n) is 6.49. The summed E-state index contributed by atoms with van der Waals surface area (Å²) in [4.78, 5) is 0. The van der Waals surface area contributed by atoms with Crippen molar-refractivity contribution in [2.75, 3.05) is 10.6 Å². The Balaban J connectivity index is 1.44. The van der Waals surface area contributed by atoms with Crippen molar-refractivity contribution in [1.82, 2.24) is 9.78 Å². The van der Waals surface area contributed by atoms with Crippen molar-refractivity contribution in [3.63, 3.8) is 0 Å². The van der Waals surface area contributed by atoms with Crippen molar-refractivity contribution in [1.29, 1.82) is 0 Å². The first-order chi connectivity index (χ1) is 13.2. The fourth-order valence-corrected chi connectivity index (χ4v) is 3.35. The van der Waals surface area contributed by atoms with E-state index >= 15 is 0 Å². The van der Waals surface area contributed by atoms with E-state index in [0.717, 1.165) is 11.5 Å². The topological polar surface area (TPSA) is 41.9 Å². The molecular formula is C22H20N4S. The Hall–Kier alpha value is -3.18. The van der Waals surface area contributed by atoms with Crippen molar-refractivity contribution < 1.29 is 0 Å². The molecule has 4 rings (SSSR count). The second-order valence-corrected chi connectivity index (χ2v) is 6.89. The summed E-state index contributed by atoms with van der Waals surface area (Å²) in [6.07, 6.45) is 1.96. The Kier molecular flexibility index (Phi) is 4.85. The van der Waals surface area contributed by atoms with Gasteiger partial charge in [0.2, 0.25) is 0 Å². The summed E-state index contributed by atoms with van der Waals surface area (Å²) in [5.41, 5.74) is 3.38. The quantitative estimate of drug-likeness (QED) is 0.483. The first-order valence-electron chi connectivity index (χ1n) is 8.82. The van der Waals surface area contributed by atoms with Gasteiger partial charge in [0.05, 0.1) is 6.54 Å². The van der Waals surface area contributed by atoms with Gasteiger partial charge in [0.1, 0.15) is 0 Å². The Morgan fingerprint density at radius 1 is 0.963 bits per heavy atom. The molecule has 0 unspecified atom stereocenters. The highest BCUT2D eigenvalue weighted by molar-refractivity contribution is 7.80. The number of fused-ring (bicyclic) bond motifs is 1. The maximum Gasteiger partial charge on any atom is 0.176 e. The molecule has 1 aromatic heterocycles. The van der Waals surface area contributed by atoms with Gasteiger partial charge in [-0.05, 0) is 53.2 Å². The third-order valence-corrected chi connectivity index (χ3v) is 4.57. The Morgan fingerprint density at radius 2 is 1.78 bits per heavy atom. The minimum absolute atomic E-state index is 0.524. The summed E-state index contributed by atoms with van der Waals surface area (Å²) < 4.78 is 1.92. The Labute approximate surface area is 163 Å². The molecule has 0 bridgehead atoms. The molecule has 5 heteroatoms. The summed E-state index contributed by atoms with van der Waals surface area (Å²) in [5.74, 6) is 0.723. The predicted molar refractivity (Wildman–Crippen MR) is 116 cm³/mol. The Bertz CT molecular complexity index is 1090. The molecule has 0 saturated carbocycles. The van der Waals surface area contributed by atoms with Crippen LogP contribution in [0.15, 0.2) is 79.0 Å². The predicted octanol–water partition coefficient (Wildman–Crippen LogP) is 5.20. The van der Waals surface area contributed by atoms with Crippen LogP contribution in [0, 0.1) is 6.92 Å². The zero-order chi connectivity index (χ0) is 18.6. The molecule has 3 aromatic carbocycles. The maximum absolute atomic E-state index is 5.39. The van der Waals surface area contributed by atoms with Gasteiger partial charge in [-0.2, -0.15) is 5.10 Å². The molecule has 2 N–H and O–H groups in total. The van der Waals surface area contributed by atoms with Crippen molar-refractivity contribution in [3.8, 4) is 0 Å². The highest BCUT2D eigenvalue weighted by Crippen LogP contribution is 2.19. The zero-order valence-corrected chi connectivity index (χ0v) is 15.8. The van der Waals surface area contributed by atoms with E-state index in [9.17, 15) is 0 Å². The molecule has 0 amide bonds. The van der Waals surface area contributed by atoms with Crippen LogP contribution in [0.2, 0.25) is 0 Å². The molecule has 0 aliphatic carbocycles. The molecular weight excluding hydrogens is 352 g/mol. The molecule has 134 valence electrons. The number of thiocarbonyl (C=S) groups is 1. The van der Waals surface area contributed by atoms with Gasteiger partial charge in [-0.25, -0.2) is 0 Å². The minimum atomic E-state index is 0.524. The van der Waals surface area contributed by atoms with Gasteiger partial charge in [-0.15, -0.1) is 0 Å². The molecule has 0 spiro atoms. The number of nitrogens with one attached hydrogen (secondary N) is 2. The molecule has 0 aliphatic rings. The van der Waals surface area contributed by atoms with E-state index in [1.54, 1.807) is 0 Å². The van der Waals surface area contributed by atoms with E-state index in [-0.39, 0.29) is 0 Å². The van der Waals surface area contributed by atoms with Crippen molar-refractivity contribution in [3.05, 3.63) is 90.1 Å². The third-order valence-electron chi connectivity index (χ3n) is 4.37. The molecule has 4 aromatic rings. The number of hydrogen-bond acceptors (Lipinski definition) is 2. The monoisotopic (exact) mass is 372 g/mol. The summed E-state index contributed by atoms with van der Waals surface area (Å²) in [5, 5.41) is 13.9. The molecule has 0 atom stereocenters. The third kappa shape index (κ3) is 4.15. The van der Waals surface area contributed by atoms with E-state index in [2.05, 4.69) is 71.2 Å². The average Bonchev–Trinajstić information content (AvgIpc) is 3.09. The van der Waals surface area contributed by atoms with Crippen molar-refractivity contribution >= 4 is 39.6 Å². The lowest BCUT2D eigenvalue weighted by Crippen LogP contribution is -2.19. The smallest absolute Gasteiger partial charge is 0.176 e. The lowest BCUT2D eigenvalue weighted by molar-refractivity contribution is 0.693. The van der Waals surface area contributed by atoms with Crippen LogP contribution in [0.3, 0.4) is 0 Å². The van der Waals surface area contributed by atoms with Gasteiger partial charge in [-0.3, -0.25) is 4.68 Å². The minimum Gasteiger partial charge on any atom is -0.332 e. The van der Waals surface area contributed by atoms with Gasteiger partial charge in [-0.1, -0.05) is 54.6 Å². The van der Waals surface area contributed by atoms with E-state index in [1.807, 2.05) is 35.1 Å². The molecule has 27 heavy (non-hydrogen) atoms. The van der Waals surface area contributed by atoms with Gasteiger partial charge in [0.15, 0.2) is 10.9 Å². The van der Waals surface area contributed by atoms with E-state index < -0.39 is 0 Å².